The minimum atomic E-state index is 1.02. The third-order valence-electron chi connectivity index (χ3n) is 1.77. The van der Waals surface area contributed by atoms with E-state index in [4.69, 9.17) is 0 Å². The van der Waals surface area contributed by atoms with Gasteiger partial charge >= 0.3 is 0 Å². The second kappa shape index (κ2) is 9.20. The molecule has 1 aromatic heterocycles. The summed E-state index contributed by atoms with van der Waals surface area (Å²) in [5.74, 6) is 0. The Kier molecular flexibility index (Phi) is 8.36. The Hall–Kier alpha value is -1.37. The van der Waals surface area contributed by atoms with Gasteiger partial charge in [-0.15, -0.1) is 0 Å². The summed E-state index contributed by atoms with van der Waals surface area (Å²) in [6.07, 6.45) is 13.2. The first-order valence-corrected chi connectivity index (χ1v) is 5.74. The molecule has 15 heavy (non-hydrogen) atoms. The predicted octanol–water partition coefficient (Wildman–Crippen LogP) is 2.65. The standard InChI is InChI=1S/C10H9N.2C2H6/c1-2-4-9-6-7-11-8-10(9)5-3-1;2*1-2/h1,3-8H,2H2;2*1-2H3. The highest BCUT2D eigenvalue weighted by atomic mass is 14.6. The maximum atomic E-state index is 4.05. The van der Waals surface area contributed by atoms with Crippen molar-refractivity contribution in [2.24, 2.45) is 0 Å². The van der Waals surface area contributed by atoms with Crippen LogP contribution in [0.5, 0.6) is 0 Å². The Morgan fingerprint density at radius 1 is 1.07 bits per heavy atom. The number of pyridine rings is 1. The van der Waals surface area contributed by atoms with Crippen LogP contribution in [0.2, 0.25) is 0 Å². The zero-order valence-corrected chi connectivity index (χ0v) is 10.2. The lowest BCUT2D eigenvalue weighted by atomic mass is 10.3. The second-order valence-corrected chi connectivity index (χ2v) is 2.54. The molecule has 0 spiro atoms. The monoisotopic (exact) mass is 203 g/mol. The second-order valence-electron chi connectivity index (χ2n) is 2.54. The van der Waals surface area contributed by atoms with Gasteiger partial charge in [0.25, 0.3) is 0 Å². The summed E-state index contributed by atoms with van der Waals surface area (Å²) in [5.41, 5.74) is 0. The number of allylic oxidation sites excluding steroid dienone is 2. The topological polar surface area (TPSA) is 12.9 Å². The number of rotatable bonds is 0. The Morgan fingerprint density at radius 3 is 2.53 bits per heavy atom. The van der Waals surface area contributed by atoms with Gasteiger partial charge in [-0.1, -0.05) is 52.0 Å². The van der Waals surface area contributed by atoms with Gasteiger partial charge in [0.2, 0.25) is 0 Å². The fourth-order valence-electron chi connectivity index (χ4n) is 1.19. The van der Waals surface area contributed by atoms with Gasteiger partial charge in [0.05, 0.1) is 0 Å². The summed E-state index contributed by atoms with van der Waals surface area (Å²) in [6.45, 7) is 8.00. The molecule has 0 radical (unpaired) electrons. The van der Waals surface area contributed by atoms with E-state index in [0.717, 1.165) is 6.42 Å². The molecule has 1 aromatic rings. The summed E-state index contributed by atoms with van der Waals surface area (Å²) < 4.78 is 0. The molecular weight excluding hydrogens is 182 g/mol. The Morgan fingerprint density at radius 2 is 1.80 bits per heavy atom. The molecule has 1 aliphatic rings. The maximum absolute atomic E-state index is 4.05. The van der Waals surface area contributed by atoms with E-state index in [-0.39, 0.29) is 0 Å². The van der Waals surface area contributed by atoms with E-state index < -0.39 is 0 Å². The molecule has 2 rings (SSSR count). The Labute approximate surface area is 92.9 Å². The van der Waals surface area contributed by atoms with E-state index in [1.54, 1.807) is 0 Å². The van der Waals surface area contributed by atoms with Crippen LogP contribution in [0.4, 0.5) is 0 Å². The molecule has 0 fully saturated rings. The number of aromatic nitrogens is 1. The van der Waals surface area contributed by atoms with Crippen LogP contribution >= 0.6 is 0 Å². The molecule has 0 bridgehead atoms. The van der Waals surface area contributed by atoms with Gasteiger partial charge in [0, 0.05) is 12.4 Å². The molecule has 0 N–H and O–H groups in total. The molecule has 1 heterocycles. The zero-order valence-electron chi connectivity index (χ0n) is 10.2. The van der Waals surface area contributed by atoms with Crippen LogP contribution in [-0.2, 0) is 0 Å². The summed E-state index contributed by atoms with van der Waals surface area (Å²) in [5, 5.41) is 2.49. The summed E-state index contributed by atoms with van der Waals surface area (Å²) in [4.78, 5) is 4.05. The van der Waals surface area contributed by atoms with Crippen LogP contribution in [0.3, 0.4) is 0 Å². The van der Waals surface area contributed by atoms with Crippen molar-refractivity contribution < 1.29 is 0 Å². The molecule has 0 aliphatic heterocycles. The average Bonchev–Trinajstić information content (AvgIpc) is 2.59. The lowest BCUT2D eigenvalue weighted by Gasteiger charge is -1.84. The smallest absolute Gasteiger partial charge is 0.0346 e. The van der Waals surface area contributed by atoms with E-state index in [9.17, 15) is 0 Å². The maximum Gasteiger partial charge on any atom is 0.0346 e. The molecule has 0 saturated carbocycles. The van der Waals surface area contributed by atoms with Crippen molar-refractivity contribution in [3.63, 3.8) is 0 Å². The highest BCUT2D eigenvalue weighted by Crippen LogP contribution is 1.87. The molecule has 0 atom stereocenters. The van der Waals surface area contributed by atoms with E-state index in [1.165, 1.54) is 10.4 Å². The zero-order chi connectivity index (χ0) is 11.5. The van der Waals surface area contributed by atoms with Crippen molar-refractivity contribution in [2.45, 2.75) is 34.1 Å². The quantitative estimate of drug-likeness (QED) is 0.631. The molecule has 1 nitrogen and oxygen atoms in total. The Balaban J connectivity index is 0.000000442. The van der Waals surface area contributed by atoms with Gasteiger partial charge in [-0.05, 0) is 22.9 Å². The fourth-order valence-corrected chi connectivity index (χ4v) is 1.19. The highest BCUT2D eigenvalue weighted by molar-refractivity contribution is 5.43. The predicted molar refractivity (Wildman–Crippen MR) is 68.9 cm³/mol. The van der Waals surface area contributed by atoms with Gasteiger partial charge in [-0.25, -0.2) is 0 Å². The van der Waals surface area contributed by atoms with Crippen molar-refractivity contribution in [1.82, 2.24) is 4.98 Å². The van der Waals surface area contributed by atoms with Gasteiger partial charge in [-0.2, -0.15) is 0 Å². The first kappa shape index (κ1) is 13.6. The molecule has 0 aromatic carbocycles. The van der Waals surface area contributed by atoms with E-state index in [0.29, 0.717) is 0 Å². The summed E-state index contributed by atoms with van der Waals surface area (Å²) in [6, 6.07) is 2.04. The van der Waals surface area contributed by atoms with Crippen LogP contribution in [0, 0.1) is 0 Å². The third-order valence-corrected chi connectivity index (χ3v) is 1.77. The lowest BCUT2D eigenvalue weighted by Crippen LogP contribution is -2.23. The Bertz CT molecular complexity index is 388. The first-order valence-electron chi connectivity index (χ1n) is 5.74. The molecule has 0 saturated heterocycles. The van der Waals surface area contributed by atoms with Crippen molar-refractivity contribution in [3.8, 4) is 0 Å². The van der Waals surface area contributed by atoms with Crippen LogP contribution in [0.15, 0.2) is 30.6 Å². The minimum absolute atomic E-state index is 1.02. The largest absolute Gasteiger partial charge is 0.264 e. The third kappa shape index (κ3) is 4.59. The van der Waals surface area contributed by atoms with Crippen LogP contribution in [-0.4, -0.2) is 4.98 Å². The molecule has 82 valence electrons. The molecule has 1 aliphatic carbocycles. The van der Waals surface area contributed by atoms with Gasteiger partial charge in [-0.3, -0.25) is 4.98 Å². The number of hydrogen-bond acceptors (Lipinski definition) is 1. The molecule has 1 heteroatoms. The average molecular weight is 203 g/mol. The van der Waals surface area contributed by atoms with Crippen LogP contribution in [0.25, 0.3) is 12.2 Å². The minimum Gasteiger partial charge on any atom is -0.264 e. The highest BCUT2D eigenvalue weighted by Gasteiger charge is 1.85. The summed E-state index contributed by atoms with van der Waals surface area (Å²) in [7, 11) is 0. The van der Waals surface area contributed by atoms with Crippen molar-refractivity contribution in [1.29, 1.82) is 0 Å². The van der Waals surface area contributed by atoms with Crippen molar-refractivity contribution in [3.05, 3.63) is 41.0 Å². The van der Waals surface area contributed by atoms with Crippen LogP contribution in [0.1, 0.15) is 34.1 Å². The van der Waals surface area contributed by atoms with Gasteiger partial charge < -0.3 is 0 Å². The molecular formula is C14H21N. The molecule has 0 unspecified atom stereocenters. The van der Waals surface area contributed by atoms with Crippen LogP contribution < -0.4 is 10.4 Å². The lowest BCUT2D eigenvalue weighted by molar-refractivity contribution is 1.27. The SMILES string of the molecule is C1=CCC=c2ccncc2=C1.CC.CC. The van der Waals surface area contributed by atoms with E-state index >= 15 is 0 Å². The van der Waals surface area contributed by atoms with Crippen molar-refractivity contribution in [2.75, 3.05) is 0 Å². The first-order chi connectivity index (χ1) is 7.47. The number of hydrogen-bond donors (Lipinski definition) is 0. The molecule has 0 amide bonds. The normalized spacial score (nSPS) is 11.2. The number of fused-ring (bicyclic) bond motifs is 1. The summed E-state index contributed by atoms with van der Waals surface area (Å²) >= 11 is 0. The van der Waals surface area contributed by atoms with Gasteiger partial charge in [0.1, 0.15) is 0 Å². The van der Waals surface area contributed by atoms with E-state index in [2.05, 4.69) is 29.3 Å². The fraction of sp³-hybridized carbons (Fsp3) is 0.357. The van der Waals surface area contributed by atoms with Crippen molar-refractivity contribution >= 4 is 12.2 Å². The van der Waals surface area contributed by atoms with Gasteiger partial charge in [0.15, 0.2) is 0 Å². The van der Waals surface area contributed by atoms with E-state index in [1.807, 2.05) is 46.2 Å². The number of nitrogens with zero attached hydrogens (tertiary/aromatic N) is 1.